The van der Waals surface area contributed by atoms with E-state index < -0.39 is 8.07 Å². The Labute approximate surface area is 320 Å². The van der Waals surface area contributed by atoms with Crippen LogP contribution in [0.5, 0.6) is 0 Å². The van der Waals surface area contributed by atoms with E-state index in [9.17, 15) is 0 Å². The maximum atomic E-state index is 3.79. The van der Waals surface area contributed by atoms with E-state index in [-0.39, 0.29) is 10.8 Å². The van der Waals surface area contributed by atoms with E-state index in [0.717, 1.165) is 23.7 Å². The van der Waals surface area contributed by atoms with E-state index in [4.69, 9.17) is 0 Å². The molecule has 4 fully saturated rings. The molecule has 4 saturated carbocycles. The summed E-state index contributed by atoms with van der Waals surface area (Å²) in [6.45, 7) is 5.26. The second-order valence-corrected chi connectivity index (χ2v) is 24.2. The predicted octanol–water partition coefficient (Wildman–Crippen LogP) is 12.5. The van der Waals surface area contributed by atoms with Crippen molar-refractivity contribution >= 4 is 67.4 Å². The van der Waals surface area contributed by atoms with Crippen molar-refractivity contribution in [1.82, 2.24) is 0 Å². The zero-order valence-electron chi connectivity index (χ0n) is 30.2. The Hall–Kier alpha value is -4.09. The largest absolute Gasteiger partial charge is 0.368 e. The molecule has 1 aromatic heterocycles. The molecule has 1 spiro atoms. The number of fused-ring (bicyclic) bond motifs is 11. The van der Waals surface area contributed by atoms with Crippen molar-refractivity contribution in [2.75, 3.05) is 5.32 Å². The average Bonchev–Trinajstić information content (AvgIpc) is 3.91. The highest BCUT2D eigenvalue weighted by Crippen LogP contribution is 2.70. The highest BCUT2D eigenvalue weighted by molar-refractivity contribution is 8.00. The monoisotopic (exact) mass is 735 g/mol. The fraction of sp³-hybridized carbons (Fsp3) is 0.265. The summed E-state index contributed by atoms with van der Waals surface area (Å²) in [5, 5.41) is 10.2. The summed E-state index contributed by atoms with van der Waals surface area (Å²) in [5.74, 6) is 3.33. The number of anilines is 1. The van der Waals surface area contributed by atoms with E-state index in [2.05, 4.69) is 134 Å². The van der Waals surface area contributed by atoms with Gasteiger partial charge in [-0.05, 0) is 153 Å². The summed E-state index contributed by atoms with van der Waals surface area (Å²) >= 11 is 3.88. The molecule has 7 aliphatic rings. The lowest BCUT2D eigenvalue weighted by molar-refractivity contribution is -0.0397. The molecule has 4 heteroatoms. The molecule has 7 aromatic rings. The SMILES string of the molecule is C[Si]1(C)c2ccccc2-c2ccc3c(c21)-c1cccc(-c2ccc4sc5ccc(C6Nc7ccccc7S6)cc5c4c2)c1C31C2CC3CC(C2)CC1C3. The molecule has 1 atom stereocenters. The molecule has 1 N–H and O–H groups in total. The second kappa shape index (κ2) is 10.4. The number of thioether (sulfide) groups is 1. The Morgan fingerprint density at radius 1 is 0.642 bits per heavy atom. The molecule has 3 heterocycles. The molecule has 5 aliphatic carbocycles. The topological polar surface area (TPSA) is 12.0 Å². The number of nitrogens with one attached hydrogen (secondary N) is 1. The molecule has 14 rings (SSSR count). The van der Waals surface area contributed by atoms with Crippen LogP contribution in [0.2, 0.25) is 13.1 Å². The number of para-hydroxylation sites is 1. The van der Waals surface area contributed by atoms with Gasteiger partial charge in [-0.2, -0.15) is 0 Å². The van der Waals surface area contributed by atoms with Gasteiger partial charge in [0.05, 0.1) is 0 Å². The zero-order valence-corrected chi connectivity index (χ0v) is 32.8. The van der Waals surface area contributed by atoms with Crippen molar-refractivity contribution in [2.24, 2.45) is 23.7 Å². The van der Waals surface area contributed by atoms with Crippen LogP contribution in [-0.4, -0.2) is 8.07 Å². The molecular weight excluding hydrogens is 695 g/mol. The second-order valence-electron chi connectivity index (χ2n) is 17.7. The van der Waals surface area contributed by atoms with Gasteiger partial charge in [0.1, 0.15) is 13.4 Å². The first kappa shape index (κ1) is 30.3. The molecule has 0 amide bonds. The van der Waals surface area contributed by atoms with Gasteiger partial charge in [0.15, 0.2) is 0 Å². The molecular formula is C49H41NS2Si. The molecule has 4 bridgehead atoms. The minimum Gasteiger partial charge on any atom is -0.368 e. The first-order chi connectivity index (χ1) is 26.0. The molecule has 0 radical (unpaired) electrons. The Bertz CT molecular complexity index is 2700. The van der Waals surface area contributed by atoms with Gasteiger partial charge >= 0.3 is 0 Å². The molecule has 1 unspecified atom stereocenters. The predicted molar refractivity (Wildman–Crippen MR) is 229 cm³/mol. The Kier molecular flexibility index (Phi) is 5.91. The van der Waals surface area contributed by atoms with Crippen molar-refractivity contribution in [3.05, 3.63) is 132 Å². The van der Waals surface area contributed by atoms with Gasteiger partial charge in [-0.15, -0.1) is 11.3 Å². The highest BCUT2D eigenvalue weighted by atomic mass is 32.2. The minimum absolute atomic E-state index is 0.113. The van der Waals surface area contributed by atoms with Crippen LogP contribution in [-0.2, 0) is 5.41 Å². The Morgan fingerprint density at radius 3 is 2.19 bits per heavy atom. The third-order valence-electron chi connectivity index (χ3n) is 14.9. The van der Waals surface area contributed by atoms with Crippen molar-refractivity contribution in [3.8, 4) is 33.4 Å². The summed E-state index contributed by atoms with van der Waals surface area (Å²) in [7, 11) is -1.93. The average molecular weight is 736 g/mol. The summed E-state index contributed by atoms with van der Waals surface area (Å²) in [6, 6.07) is 45.4. The van der Waals surface area contributed by atoms with Gasteiger partial charge < -0.3 is 5.32 Å². The molecule has 258 valence electrons. The number of hydrogen-bond acceptors (Lipinski definition) is 3. The lowest BCUT2D eigenvalue weighted by Gasteiger charge is -2.61. The third-order valence-corrected chi connectivity index (χ3v) is 20.8. The summed E-state index contributed by atoms with van der Waals surface area (Å²) in [6.07, 6.45) is 7.12. The summed E-state index contributed by atoms with van der Waals surface area (Å²) in [4.78, 5) is 1.34. The van der Waals surface area contributed by atoms with E-state index in [0.29, 0.717) is 0 Å². The van der Waals surface area contributed by atoms with Gasteiger partial charge in [-0.1, -0.05) is 104 Å². The van der Waals surface area contributed by atoms with Crippen molar-refractivity contribution in [1.29, 1.82) is 0 Å². The van der Waals surface area contributed by atoms with Crippen molar-refractivity contribution in [3.63, 3.8) is 0 Å². The smallest absolute Gasteiger partial charge is 0.114 e. The van der Waals surface area contributed by atoms with Crippen LogP contribution in [0.1, 0.15) is 54.2 Å². The van der Waals surface area contributed by atoms with E-state index in [1.54, 1.807) is 32.6 Å². The molecule has 1 nitrogen and oxygen atoms in total. The normalized spacial score (nSPS) is 27.5. The molecule has 6 aromatic carbocycles. The lowest BCUT2D eigenvalue weighted by atomic mass is 9.42. The van der Waals surface area contributed by atoms with Gasteiger partial charge in [0, 0.05) is 36.2 Å². The van der Waals surface area contributed by atoms with E-state index >= 15 is 0 Å². The maximum Gasteiger partial charge on any atom is 0.114 e. The first-order valence-electron chi connectivity index (χ1n) is 19.9. The fourth-order valence-electron chi connectivity index (χ4n) is 13.1. The minimum atomic E-state index is -1.93. The maximum absolute atomic E-state index is 3.79. The van der Waals surface area contributed by atoms with Crippen LogP contribution < -0.4 is 15.7 Å². The Morgan fingerprint density at radius 2 is 1.36 bits per heavy atom. The van der Waals surface area contributed by atoms with Crippen LogP contribution in [0.3, 0.4) is 0 Å². The van der Waals surface area contributed by atoms with Gasteiger partial charge in [0.2, 0.25) is 0 Å². The number of rotatable bonds is 2. The van der Waals surface area contributed by atoms with Gasteiger partial charge in [-0.25, -0.2) is 0 Å². The zero-order chi connectivity index (χ0) is 34.8. The Balaban J connectivity index is 1.03. The van der Waals surface area contributed by atoms with Crippen LogP contribution in [0.25, 0.3) is 53.6 Å². The number of thiophene rings is 1. The van der Waals surface area contributed by atoms with Crippen molar-refractivity contribution < 1.29 is 0 Å². The summed E-state index contributed by atoms with van der Waals surface area (Å²) in [5.41, 5.74) is 15.2. The summed E-state index contributed by atoms with van der Waals surface area (Å²) < 4.78 is 2.77. The lowest BCUT2D eigenvalue weighted by Crippen LogP contribution is -2.55. The van der Waals surface area contributed by atoms with E-state index in [1.165, 1.54) is 90.7 Å². The number of hydrogen-bond donors (Lipinski definition) is 1. The standard InChI is InChI=1S/C49H41NS2Si/c1-53(2)44-13-6-3-8-34(44)35-16-17-39-45(47(35)53)36-10-7-9-33(46(36)49(39)31-21-27-20-28(23-31)24-32(49)22-27)29-14-18-41-37(25-29)38-26-30(15-19-42(38)51-41)48-50-40-11-4-5-12-43(40)52-48/h3-19,25-28,31-32,48,50H,20-24H2,1-2H3. The molecule has 53 heavy (non-hydrogen) atoms. The quantitative estimate of drug-likeness (QED) is 0.177. The van der Waals surface area contributed by atoms with Gasteiger partial charge in [0.25, 0.3) is 0 Å². The fourth-order valence-corrected chi connectivity index (χ4v) is 18.8. The van der Waals surface area contributed by atoms with Crippen molar-refractivity contribution in [2.45, 2.75) is 60.9 Å². The molecule has 0 saturated heterocycles. The highest BCUT2D eigenvalue weighted by Gasteiger charge is 2.63. The first-order valence-corrected chi connectivity index (χ1v) is 24.6. The van der Waals surface area contributed by atoms with Crippen LogP contribution in [0.15, 0.2) is 120 Å². The molecule has 2 aliphatic heterocycles. The number of benzene rings is 6. The van der Waals surface area contributed by atoms with Gasteiger partial charge in [-0.3, -0.25) is 0 Å². The van der Waals surface area contributed by atoms with Crippen LogP contribution in [0.4, 0.5) is 5.69 Å². The third kappa shape index (κ3) is 3.80. The van der Waals surface area contributed by atoms with Crippen LogP contribution in [0, 0.1) is 23.7 Å². The van der Waals surface area contributed by atoms with E-state index in [1.807, 2.05) is 23.1 Å². The van der Waals surface area contributed by atoms with Crippen LogP contribution >= 0.6 is 23.1 Å².